The van der Waals surface area contributed by atoms with Crippen molar-refractivity contribution >= 4 is 53.4 Å². The van der Waals surface area contributed by atoms with Crippen LogP contribution in [0.4, 0.5) is 0 Å². The van der Waals surface area contributed by atoms with Crippen molar-refractivity contribution in [2.24, 2.45) is 23.7 Å². The molecule has 0 radical (unpaired) electrons. The van der Waals surface area contributed by atoms with Crippen molar-refractivity contribution in [1.82, 2.24) is 0 Å². The quantitative estimate of drug-likeness (QED) is 0.178. The fourth-order valence-corrected chi connectivity index (χ4v) is 13.7. The maximum absolute atomic E-state index is 6.53. The van der Waals surface area contributed by atoms with Gasteiger partial charge in [-0.25, -0.2) is 0 Å². The van der Waals surface area contributed by atoms with Gasteiger partial charge in [-0.1, -0.05) is 103 Å². The zero-order chi connectivity index (χ0) is 35.1. The summed E-state index contributed by atoms with van der Waals surface area (Å²) in [7, 11) is 0. The molecule has 258 valence electrons. The summed E-state index contributed by atoms with van der Waals surface area (Å²) in [6.45, 7) is 0. The van der Waals surface area contributed by atoms with Gasteiger partial charge in [0, 0.05) is 36.4 Å². The Morgan fingerprint density at radius 3 is 2.00 bits per heavy atom. The number of para-hydroxylation sites is 1. The largest absolute Gasteiger partial charge is 0.456 e. The van der Waals surface area contributed by atoms with Crippen LogP contribution in [0.5, 0.6) is 0 Å². The van der Waals surface area contributed by atoms with Crippen LogP contribution in [0.1, 0.15) is 43.2 Å². The van der Waals surface area contributed by atoms with E-state index in [1.54, 1.807) is 11.1 Å². The molecule has 5 aliphatic carbocycles. The van der Waals surface area contributed by atoms with E-state index in [9.17, 15) is 0 Å². The lowest BCUT2D eigenvalue weighted by Gasteiger charge is -2.61. The molecule has 54 heavy (non-hydrogen) atoms. The molecular formula is C52H38OS. The molecule has 0 amide bonds. The molecule has 0 N–H and O–H groups in total. The fourth-order valence-electron chi connectivity index (χ4n) is 12.5. The van der Waals surface area contributed by atoms with Crippen LogP contribution in [-0.2, 0) is 5.41 Å². The van der Waals surface area contributed by atoms with Crippen LogP contribution in [0, 0.1) is 23.7 Å². The average molecular weight is 711 g/mol. The summed E-state index contributed by atoms with van der Waals surface area (Å²) >= 11 is 1.90. The average Bonchev–Trinajstić information content (AvgIpc) is 3.88. The second-order valence-electron chi connectivity index (χ2n) is 16.8. The first kappa shape index (κ1) is 29.9. The molecule has 2 aromatic heterocycles. The van der Waals surface area contributed by atoms with Crippen LogP contribution in [0.25, 0.3) is 86.6 Å². The number of thiophene rings is 1. The molecule has 2 heteroatoms. The molecule has 2 heterocycles. The highest BCUT2D eigenvalue weighted by Gasteiger charge is 2.61. The van der Waals surface area contributed by atoms with E-state index in [-0.39, 0.29) is 5.41 Å². The minimum Gasteiger partial charge on any atom is -0.456 e. The van der Waals surface area contributed by atoms with E-state index >= 15 is 0 Å². The zero-order valence-corrected chi connectivity index (χ0v) is 30.8. The van der Waals surface area contributed by atoms with Crippen LogP contribution in [0.15, 0.2) is 150 Å². The molecule has 0 unspecified atom stereocenters. The van der Waals surface area contributed by atoms with E-state index in [0.717, 1.165) is 23.0 Å². The van der Waals surface area contributed by atoms with Crippen molar-refractivity contribution in [3.8, 4) is 44.5 Å². The van der Waals surface area contributed by atoms with E-state index in [0.29, 0.717) is 11.8 Å². The van der Waals surface area contributed by atoms with Gasteiger partial charge in [0.05, 0.1) is 0 Å². The van der Waals surface area contributed by atoms with Crippen molar-refractivity contribution in [3.05, 3.63) is 157 Å². The highest BCUT2D eigenvalue weighted by atomic mass is 32.1. The normalized spacial score (nSPS) is 23.6. The van der Waals surface area contributed by atoms with Crippen LogP contribution < -0.4 is 0 Å². The first-order valence-corrected chi connectivity index (χ1v) is 20.7. The van der Waals surface area contributed by atoms with Gasteiger partial charge in [-0.3, -0.25) is 0 Å². The van der Waals surface area contributed by atoms with Crippen molar-refractivity contribution in [3.63, 3.8) is 0 Å². The molecule has 1 nitrogen and oxygen atoms in total. The minimum absolute atomic E-state index is 0.0647. The van der Waals surface area contributed by atoms with E-state index in [2.05, 4.69) is 146 Å². The van der Waals surface area contributed by atoms with Crippen molar-refractivity contribution in [2.45, 2.75) is 37.5 Å². The smallest absolute Gasteiger partial charge is 0.136 e. The third-order valence-corrected chi connectivity index (χ3v) is 15.4. The minimum atomic E-state index is 0.0647. The lowest BCUT2D eigenvalue weighted by Crippen LogP contribution is -2.55. The maximum Gasteiger partial charge on any atom is 0.136 e. The van der Waals surface area contributed by atoms with Gasteiger partial charge in [0.1, 0.15) is 11.2 Å². The summed E-state index contributed by atoms with van der Waals surface area (Å²) in [6, 6.07) is 55.1. The Hall–Kier alpha value is -5.44. The summed E-state index contributed by atoms with van der Waals surface area (Å²) in [5, 5.41) is 5.13. The highest BCUT2D eigenvalue weighted by molar-refractivity contribution is 7.25. The van der Waals surface area contributed by atoms with Crippen LogP contribution in [-0.4, -0.2) is 0 Å². The second kappa shape index (κ2) is 10.8. The Morgan fingerprint density at radius 1 is 0.444 bits per heavy atom. The topological polar surface area (TPSA) is 13.1 Å². The number of rotatable bonds is 3. The highest BCUT2D eigenvalue weighted by Crippen LogP contribution is 2.70. The third-order valence-electron chi connectivity index (χ3n) is 14.3. The van der Waals surface area contributed by atoms with E-state index in [4.69, 9.17) is 4.42 Å². The summed E-state index contributed by atoms with van der Waals surface area (Å²) < 4.78 is 9.23. The standard InChI is InChI=1S/C52H38OS/c1-4-17-43-39(12-1)49-42(38-16-8-19-46-50(38)40-13-2-5-18-45(40)53-46)28-34(29-44(49)52(43)35-23-30-22-31(25-35)26-36(52)24-30)32-10-7-11-33(27-32)37-15-9-21-48-51(37)41-14-3-6-20-47(41)54-48/h1-21,27-31,35-36H,22-26H2. The summed E-state index contributed by atoms with van der Waals surface area (Å²) in [4.78, 5) is 0. The molecule has 7 aromatic carbocycles. The van der Waals surface area contributed by atoms with Gasteiger partial charge in [-0.2, -0.15) is 0 Å². The van der Waals surface area contributed by atoms with Gasteiger partial charge in [-0.05, 0) is 154 Å². The predicted octanol–water partition coefficient (Wildman–Crippen LogP) is 14.7. The Kier molecular flexibility index (Phi) is 6.01. The number of furan rings is 1. The Labute approximate surface area is 318 Å². The summed E-state index contributed by atoms with van der Waals surface area (Å²) in [5.74, 6) is 3.19. The van der Waals surface area contributed by atoms with E-state index < -0.39 is 0 Å². The molecular weight excluding hydrogens is 673 g/mol. The van der Waals surface area contributed by atoms with Gasteiger partial charge in [0.25, 0.3) is 0 Å². The fraction of sp³-hybridized carbons (Fsp3) is 0.192. The molecule has 0 saturated heterocycles. The Bertz CT molecular complexity index is 3000. The van der Waals surface area contributed by atoms with Crippen LogP contribution in [0.3, 0.4) is 0 Å². The SMILES string of the molecule is c1cc(-c2cc(-c3cccc4oc5ccccc5c34)c3c(c2)C2(c4ccccc4-3)C3CC4CC(C3)CC2C4)cc(-c2cccc3sc4ccccc4c23)c1. The van der Waals surface area contributed by atoms with Gasteiger partial charge < -0.3 is 4.42 Å². The molecule has 4 bridgehead atoms. The molecule has 9 aromatic rings. The van der Waals surface area contributed by atoms with Crippen LogP contribution in [0.2, 0.25) is 0 Å². The van der Waals surface area contributed by atoms with Crippen molar-refractivity contribution in [2.75, 3.05) is 0 Å². The number of fused-ring (bicyclic) bond motifs is 9. The monoisotopic (exact) mass is 710 g/mol. The lowest BCUT2D eigenvalue weighted by atomic mass is 9.43. The molecule has 1 spiro atoms. The summed E-state index contributed by atoms with van der Waals surface area (Å²) in [6.07, 6.45) is 6.94. The maximum atomic E-state index is 6.53. The first-order valence-electron chi connectivity index (χ1n) is 19.9. The van der Waals surface area contributed by atoms with Gasteiger partial charge >= 0.3 is 0 Å². The molecule has 5 aliphatic rings. The Morgan fingerprint density at radius 2 is 1.11 bits per heavy atom. The van der Waals surface area contributed by atoms with Crippen molar-refractivity contribution < 1.29 is 4.42 Å². The molecule has 0 atom stereocenters. The molecule has 14 rings (SSSR count). The first-order chi connectivity index (χ1) is 26.7. The lowest BCUT2D eigenvalue weighted by molar-refractivity contribution is -0.0399. The van der Waals surface area contributed by atoms with Gasteiger partial charge in [0.15, 0.2) is 0 Å². The van der Waals surface area contributed by atoms with Crippen LogP contribution >= 0.6 is 11.3 Å². The number of benzene rings is 7. The molecule has 0 aliphatic heterocycles. The number of hydrogen-bond donors (Lipinski definition) is 0. The van der Waals surface area contributed by atoms with E-state index in [1.807, 2.05) is 11.3 Å². The van der Waals surface area contributed by atoms with E-state index in [1.165, 1.54) is 108 Å². The number of hydrogen-bond acceptors (Lipinski definition) is 2. The Balaban J connectivity index is 1.11. The van der Waals surface area contributed by atoms with Gasteiger partial charge in [-0.15, -0.1) is 11.3 Å². The summed E-state index contributed by atoms with van der Waals surface area (Å²) in [5.41, 5.74) is 15.9. The van der Waals surface area contributed by atoms with Gasteiger partial charge in [0.2, 0.25) is 0 Å². The van der Waals surface area contributed by atoms with Crippen molar-refractivity contribution in [1.29, 1.82) is 0 Å². The third kappa shape index (κ3) is 3.89. The zero-order valence-electron chi connectivity index (χ0n) is 30.0. The molecule has 4 saturated carbocycles. The predicted molar refractivity (Wildman–Crippen MR) is 226 cm³/mol. The molecule has 4 fully saturated rings. The second-order valence-corrected chi connectivity index (χ2v) is 17.9.